The molecule has 0 aromatic heterocycles. The Bertz CT molecular complexity index is 166. The van der Waals surface area contributed by atoms with Crippen molar-refractivity contribution in [1.82, 2.24) is 5.32 Å². The molecule has 0 aliphatic heterocycles. The third-order valence-corrected chi connectivity index (χ3v) is 1.58. The lowest BCUT2D eigenvalue weighted by Gasteiger charge is -2.00. The van der Waals surface area contributed by atoms with Crippen LogP contribution in [0.4, 0.5) is 0 Å². The molecule has 0 spiro atoms. The van der Waals surface area contributed by atoms with E-state index in [1.165, 1.54) is 5.57 Å². The highest BCUT2D eigenvalue weighted by Gasteiger charge is 1.89. The summed E-state index contributed by atoms with van der Waals surface area (Å²) in [5.41, 5.74) is 1.38. The molecule has 0 aliphatic carbocycles. The van der Waals surface area contributed by atoms with Crippen molar-refractivity contribution in [1.29, 1.82) is 0 Å². The summed E-state index contributed by atoms with van der Waals surface area (Å²) in [7, 11) is 1.97. The zero-order valence-electron chi connectivity index (χ0n) is 8.14. The zero-order chi connectivity index (χ0) is 9.23. The van der Waals surface area contributed by atoms with E-state index in [1.807, 2.05) is 19.2 Å². The zero-order valence-corrected chi connectivity index (χ0v) is 8.14. The smallest absolute Gasteiger partial charge is 0.00115 e. The summed E-state index contributed by atoms with van der Waals surface area (Å²) in [6, 6.07) is 0. The minimum atomic E-state index is 1.04. The molecule has 0 aliphatic rings. The minimum absolute atomic E-state index is 1.04. The van der Waals surface area contributed by atoms with Crippen molar-refractivity contribution in [3.05, 3.63) is 36.5 Å². The van der Waals surface area contributed by atoms with Crippen molar-refractivity contribution in [3.8, 4) is 0 Å². The fourth-order valence-corrected chi connectivity index (χ4v) is 0.977. The van der Waals surface area contributed by atoms with Crippen LogP contribution in [0.1, 0.15) is 19.8 Å². The highest BCUT2D eigenvalue weighted by atomic mass is 14.8. The summed E-state index contributed by atoms with van der Waals surface area (Å²) in [5, 5.41) is 3.13. The van der Waals surface area contributed by atoms with Crippen LogP contribution in [0.5, 0.6) is 0 Å². The van der Waals surface area contributed by atoms with Gasteiger partial charge in [0.15, 0.2) is 0 Å². The second-order valence-corrected chi connectivity index (χ2v) is 2.64. The first-order chi connectivity index (χ1) is 5.85. The van der Waals surface area contributed by atoms with E-state index in [1.54, 1.807) is 0 Å². The van der Waals surface area contributed by atoms with E-state index in [-0.39, 0.29) is 0 Å². The topological polar surface area (TPSA) is 12.0 Å². The van der Waals surface area contributed by atoms with Crippen LogP contribution in [-0.4, -0.2) is 13.6 Å². The van der Waals surface area contributed by atoms with Crippen molar-refractivity contribution < 1.29 is 0 Å². The molecule has 1 heteroatoms. The SMILES string of the molecule is C=C/C=C\C(=C/CC)CCNC. The monoisotopic (exact) mass is 165 g/mol. The molecule has 0 saturated heterocycles. The van der Waals surface area contributed by atoms with E-state index in [0.717, 1.165) is 19.4 Å². The van der Waals surface area contributed by atoms with Gasteiger partial charge in [-0.25, -0.2) is 0 Å². The van der Waals surface area contributed by atoms with Crippen molar-refractivity contribution in [2.75, 3.05) is 13.6 Å². The quantitative estimate of drug-likeness (QED) is 0.597. The first kappa shape index (κ1) is 11.2. The van der Waals surface area contributed by atoms with Gasteiger partial charge >= 0.3 is 0 Å². The van der Waals surface area contributed by atoms with Gasteiger partial charge in [0, 0.05) is 0 Å². The van der Waals surface area contributed by atoms with Gasteiger partial charge in [-0.2, -0.15) is 0 Å². The van der Waals surface area contributed by atoms with Crippen LogP contribution >= 0.6 is 0 Å². The summed E-state index contributed by atoms with van der Waals surface area (Å²) in [4.78, 5) is 0. The lowest BCUT2D eigenvalue weighted by Crippen LogP contribution is -2.07. The normalized spacial score (nSPS) is 12.3. The minimum Gasteiger partial charge on any atom is -0.319 e. The van der Waals surface area contributed by atoms with Crippen LogP contribution in [0.3, 0.4) is 0 Å². The number of allylic oxidation sites excluding steroid dienone is 4. The molecule has 1 N–H and O–H groups in total. The molecule has 68 valence electrons. The molecule has 0 heterocycles. The molecule has 0 atom stereocenters. The highest BCUT2D eigenvalue weighted by molar-refractivity contribution is 5.21. The van der Waals surface area contributed by atoms with Gasteiger partial charge in [-0.1, -0.05) is 43.4 Å². The second-order valence-electron chi connectivity index (χ2n) is 2.64. The molecule has 0 saturated carbocycles. The largest absolute Gasteiger partial charge is 0.319 e. The van der Waals surface area contributed by atoms with Crippen LogP contribution in [-0.2, 0) is 0 Å². The molecular formula is C11H19N. The van der Waals surface area contributed by atoms with Crippen LogP contribution in [0.2, 0.25) is 0 Å². The first-order valence-electron chi connectivity index (χ1n) is 4.47. The van der Waals surface area contributed by atoms with Gasteiger partial charge < -0.3 is 5.32 Å². The van der Waals surface area contributed by atoms with E-state index >= 15 is 0 Å². The second kappa shape index (κ2) is 8.28. The third-order valence-electron chi connectivity index (χ3n) is 1.58. The van der Waals surface area contributed by atoms with Gasteiger partial charge in [-0.15, -0.1) is 0 Å². The lowest BCUT2D eigenvalue weighted by molar-refractivity contribution is 0.791. The Hall–Kier alpha value is -0.820. The molecule has 0 amide bonds. The number of hydrogen-bond acceptors (Lipinski definition) is 1. The maximum Gasteiger partial charge on any atom is -0.00115 e. The van der Waals surface area contributed by atoms with Crippen molar-refractivity contribution >= 4 is 0 Å². The Balaban J connectivity index is 3.95. The Morgan fingerprint density at radius 3 is 2.75 bits per heavy atom. The number of hydrogen-bond donors (Lipinski definition) is 1. The summed E-state index contributed by atoms with van der Waals surface area (Å²) in [6.07, 6.45) is 10.3. The molecule has 0 fully saturated rings. The van der Waals surface area contributed by atoms with E-state index < -0.39 is 0 Å². The third kappa shape index (κ3) is 5.93. The molecule has 1 nitrogen and oxygen atoms in total. The van der Waals surface area contributed by atoms with Gasteiger partial charge in [0.1, 0.15) is 0 Å². The van der Waals surface area contributed by atoms with Crippen LogP contribution in [0.15, 0.2) is 36.5 Å². The predicted octanol–water partition coefficient (Wildman–Crippen LogP) is 2.67. The predicted molar refractivity (Wildman–Crippen MR) is 56.3 cm³/mol. The average Bonchev–Trinajstić information content (AvgIpc) is 2.10. The molecule has 0 rings (SSSR count). The van der Waals surface area contributed by atoms with Gasteiger partial charge in [-0.05, 0) is 26.4 Å². The molecule has 12 heavy (non-hydrogen) atoms. The summed E-state index contributed by atoms with van der Waals surface area (Å²) >= 11 is 0. The number of rotatable bonds is 6. The Morgan fingerprint density at radius 1 is 1.50 bits per heavy atom. The summed E-state index contributed by atoms with van der Waals surface area (Å²) in [6.45, 7) is 6.83. The number of nitrogens with one attached hydrogen (secondary N) is 1. The molecule has 0 unspecified atom stereocenters. The van der Waals surface area contributed by atoms with Gasteiger partial charge in [-0.3, -0.25) is 0 Å². The van der Waals surface area contributed by atoms with Gasteiger partial charge in [0.25, 0.3) is 0 Å². The van der Waals surface area contributed by atoms with Crippen molar-refractivity contribution in [2.24, 2.45) is 0 Å². The highest BCUT2D eigenvalue weighted by Crippen LogP contribution is 2.03. The summed E-state index contributed by atoms with van der Waals surface area (Å²) in [5.74, 6) is 0. The maximum absolute atomic E-state index is 3.64. The molecule has 0 aromatic carbocycles. The fraction of sp³-hybridized carbons (Fsp3) is 0.455. The molecule has 0 aromatic rings. The molecular weight excluding hydrogens is 146 g/mol. The van der Waals surface area contributed by atoms with Crippen LogP contribution in [0.25, 0.3) is 0 Å². The average molecular weight is 165 g/mol. The van der Waals surface area contributed by atoms with Gasteiger partial charge in [0.05, 0.1) is 0 Å². The van der Waals surface area contributed by atoms with Crippen LogP contribution < -0.4 is 5.32 Å². The van der Waals surface area contributed by atoms with Gasteiger partial charge in [0.2, 0.25) is 0 Å². The van der Waals surface area contributed by atoms with E-state index in [4.69, 9.17) is 0 Å². The maximum atomic E-state index is 3.64. The summed E-state index contributed by atoms with van der Waals surface area (Å²) < 4.78 is 0. The van der Waals surface area contributed by atoms with E-state index in [2.05, 4.69) is 31.0 Å². The van der Waals surface area contributed by atoms with Crippen molar-refractivity contribution in [3.63, 3.8) is 0 Å². The van der Waals surface area contributed by atoms with E-state index in [9.17, 15) is 0 Å². The standard InChI is InChI=1S/C11H19N/c1-4-6-8-11(7-5-2)9-10-12-3/h4,6-8,12H,1,5,9-10H2,2-3H3/b8-6-,11-7+. The van der Waals surface area contributed by atoms with E-state index in [0.29, 0.717) is 0 Å². The van der Waals surface area contributed by atoms with Crippen molar-refractivity contribution in [2.45, 2.75) is 19.8 Å². The Kier molecular flexibility index (Phi) is 7.71. The fourth-order valence-electron chi connectivity index (χ4n) is 0.977. The first-order valence-corrected chi connectivity index (χ1v) is 4.47. The Labute approximate surface area is 75.9 Å². The molecule has 0 bridgehead atoms. The lowest BCUT2D eigenvalue weighted by atomic mass is 10.1. The molecule has 0 radical (unpaired) electrons. The van der Waals surface area contributed by atoms with Crippen LogP contribution in [0, 0.1) is 0 Å². The Morgan fingerprint density at radius 2 is 2.25 bits per heavy atom.